The summed E-state index contributed by atoms with van der Waals surface area (Å²) < 4.78 is 7.28. The van der Waals surface area contributed by atoms with Gasteiger partial charge < -0.3 is 26.4 Å². The maximum atomic E-state index is 10.2. The van der Waals surface area contributed by atoms with Gasteiger partial charge in [0.2, 0.25) is 0 Å². The molecule has 114 valence electrons. The lowest BCUT2D eigenvalue weighted by atomic mass is 10.1. The first-order valence-corrected chi connectivity index (χ1v) is 7.51. The van der Waals surface area contributed by atoms with E-state index in [4.69, 9.17) is 16.2 Å². The lowest BCUT2D eigenvalue weighted by molar-refractivity contribution is -0.0289. The van der Waals surface area contributed by atoms with Gasteiger partial charge in [-0.1, -0.05) is 0 Å². The van der Waals surface area contributed by atoms with Crippen LogP contribution < -0.4 is 11.5 Å². The SMILES string of the molecule is NCSC[C@H]1O[C@@H](n2cnc3c(N)ncnc32)C(O)C1O. The highest BCUT2D eigenvalue weighted by atomic mass is 32.2. The van der Waals surface area contributed by atoms with Gasteiger partial charge in [0.05, 0.1) is 12.4 Å². The van der Waals surface area contributed by atoms with Crippen LogP contribution in [0.3, 0.4) is 0 Å². The summed E-state index contributed by atoms with van der Waals surface area (Å²) in [4.78, 5) is 12.1. The Morgan fingerprint density at radius 2 is 2.10 bits per heavy atom. The van der Waals surface area contributed by atoms with Crippen molar-refractivity contribution in [1.29, 1.82) is 0 Å². The van der Waals surface area contributed by atoms with Crippen molar-refractivity contribution in [3.05, 3.63) is 12.7 Å². The number of rotatable bonds is 4. The monoisotopic (exact) mass is 312 g/mol. The maximum absolute atomic E-state index is 10.2. The van der Waals surface area contributed by atoms with E-state index in [2.05, 4.69) is 15.0 Å². The van der Waals surface area contributed by atoms with E-state index in [1.165, 1.54) is 24.4 Å². The molecule has 2 aromatic rings. The van der Waals surface area contributed by atoms with Gasteiger partial charge in [-0.2, -0.15) is 0 Å². The van der Waals surface area contributed by atoms with Crippen molar-refractivity contribution in [2.45, 2.75) is 24.5 Å². The highest BCUT2D eigenvalue weighted by Crippen LogP contribution is 2.33. The second kappa shape index (κ2) is 5.73. The minimum atomic E-state index is -1.08. The molecule has 3 heterocycles. The van der Waals surface area contributed by atoms with E-state index < -0.39 is 24.5 Å². The molecule has 9 nitrogen and oxygen atoms in total. The second-order valence-corrected chi connectivity index (χ2v) is 5.74. The van der Waals surface area contributed by atoms with Gasteiger partial charge in [0.25, 0.3) is 0 Å². The molecule has 0 bridgehead atoms. The maximum Gasteiger partial charge on any atom is 0.167 e. The molecule has 1 saturated heterocycles. The van der Waals surface area contributed by atoms with Crippen LogP contribution in [0.4, 0.5) is 5.82 Å². The number of aromatic nitrogens is 4. The molecule has 1 aliphatic rings. The molecule has 0 aromatic carbocycles. The largest absolute Gasteiger partial charge is 0.387 e. The molecule has 3 rings (SSSR count). The van der Waals surface area contributed by atoms with Gasteiger partial charge in [0.15, 0.2) is 17.7 Å². The molecule has 1 aliphatic heterocycles. The summed E-state index contributed by atoms with van der Waals surface area (Å²) in [7, 11) is 0. The number of nitrogen functional groups attached to an aromatic ring is 1. The fourth-order valence-corrected chi connectivity index (χ4v) is 2.98. The van der Waals surface area contributed by atoms with Crippen molar-refractivity contribution in [3.63, 3.8) is 0 Å². The van der Waals surface area contributed by atoms with E-state index in [0.717, 1.165) is 0 Å². The fourth-order valence-electron chi connectivity index (χ4n) is 2.34. The van der Waals surface area contributed by atoms with Gasteiger partial charge in [-0.05, 0) is 0 Å². The summed E-state index contributed by atoms with van der Waals surface area (Å²) in [5.74, 6) is 1.17. The highest BCUT2D eigenvalue weighted by Gasteiger charge is 2.44. The topological polar surface area (TPSA) is 145 Å². The Balaban J connectivity index is 1.90. The van der Waals surface area contributed by atoms with Crippen LogP contribution in [0, 0.1) is 0 Å². The van der Waals surface area contributed by atoms with Crippen molar-refractivity contribution in [2.24, 2.45) is 5.73 Å². The van der Waals surface area contributed by atoms with Crippen molar-refractivity contribution in [2.75, 3.05) is 17.4 Å². The quantitative estimate of drug-likeness (QED) is 0.505. The van der Waals surface area contributed by atoms with Crippen molar-refractivity contribution < 1.29 is 14.9 Å². The minimum Gasteiger partial charge on any atom is -0.387 e. The molecule has 0 saturated carbocycles. The Bertz CT molecular complexity index is 637. The zero-order valence-corrected chi connectivity index (χ0v) is 11.8. The molecule has 2 unspecified atom stereocenters. The van der Waals surface area contributed by atoms with Gasteiger partial charge in [-0.25, -0.2) is 15.0 Å². The molecular weight excluding hydrogens is 296 g/mol. The lowest BCUT2D eigenvalue weighted by Crippen LogP contribution is -2.32. The zero-order chi connectivity index (χ0) is 15.0. The third-order valence-electron chi connectivity index (χ3n) is 3.40. The Morgan fingerprint density at radius 3 is 2.86 bits per heavy atom. The molecule has 2 aromatic heterocycles. The van der Waals surface area contributed by atoms with Crippen LogP contribution in [0.1, 0.15) is 6.23 Å². The fraction of sp³-hybridized carbons (Fsp3) is 0.545. The Labute approximate surface area is 124 Å². The predicted octanol–water partition coefficient (Wildman–Crippen LogP) is -1.32. The van der Waals surface area contributed by atoms with E-state index in [0.29, 0.717) is 22.8 Å². The average Bonchev–Trinajstić information content (AvgIpc) is 3.02. The number of imidazole rings is 1. The molecule has 0 radical (unpaired) electrons. The number of thioether (sulfide) groups is 1. The highest BCUT2D eigenvalue weighted by molar-refractivity contribution is 7.99. The first-order valence-electron chi connectivity index (χ1n) is 6.36. The molecular formula is C11H16N6O3S. The van der Waals surface area contributed by atoms with Crippen LogP contribution in [-0.4, -0.2) is 59.7 Å². The zero-order valence-electron chi connectivity index (χ0n) is 11.0. The molecule has 10 heteroatoms. The minimum absolute atomic E-state index is 0.252. The number of aliphatic hydroxyl groups is 2. The van der Waals surface area contributed by atoms with Gasteiger partial charge in [0, 0.05) is 11.6 Å². The summed E-state index contributed by atoms with van der Waals surface area (Å²) in [5.41, 5.74) is 12.0. The predicted molar refractivity (Wildman–Crippen MR) is 77.2 cm³/mol. The molecule has 0 amide bonds. The summed E-state index contributed by atoms with van der Waals surface area (Å²) in [5, 5.41) is 20.2. The number of hydrogen-bond donors (Lipinski definition) is 4. The number of fused-ring (bicyclic) bond motifs is 1. The van der Waals surface area contributed by atoms with Crippen LogP contribution in [0.5, 0.6) is 0 Å². The average molecular weight is 312 g/mol. The van der Waals surface area contributed by atoms with Crippen molar-refractivity contribution in [1.82, 2.24) is 19.5 Å². The van der Waals surface area contributed by atoms with Gasteiger partial charge in [0.1, 0.15) is 24.1 Å². The Kier molecular flexibility index (Phi) is 3.95. The first-order chi connectivity index (χ1) is 10.1. The van der Waals surface area contributed by atoms with Crippen molar-refractivity contribution in [3.8, 4) is 0 Å². The van der Waals surface area contributed by atoms with Crippen LogP contribution in [-0.2, 0) is 4.74 Å². The van der Waals surface area contributed by atoms with E-state index in [9.17, 15) is 10.2 Å². The van der Waals surface area contributed by atoms with Crippen LogP contribution in [0.2, 0.25) is 0 Å². The molecule has 0 spiro atoms. The van der Waals surface area contributed by atoms with Crippen molar-refractivity contribution >= 4 is 28.7 Å². The van der Waals surface area contributed by atoms with Gasteiger partial charge in [-0.3, -0.25) is 4.57 Å². The normalized spacial score (nSPS) is 29.3. The lowest BCUT2D eigenvalue weighted by Gasteiger charge is -2.16. The summed E-state index contributed by atoms with van der Waals surface area (Å²) >= 11 is 1.43. The molecule has 6 N–H and O–H groups in total. The second-order valence-electron chi connectivity index (χ2n) is 4.67. The van der Waals surface area contributed by atoms with Crippen LogP contribution in [0.15, 0.2) is 12.7 Å². The number of nitrogens with two attached hydrogens (primary N) is 2. The summed E-state index contributed by atoms with van der Waals surface area (Å²) in [6.07, 6.45) is -0.574. The van der Waals surface area contributed by atoms with Crippen LogP contribution in [0.25, 0.3) is 11.2 Å². The van der Waals surface area contributed by atoms with Gasteiger partial charge in [-0.15, -0.1) is 11.8 Å². The number of aliphatic hydroxyl groups excluding tert-OH is 2. The standard InChI is InChI=1S/C11H16N6O3S/c12-2-21-1-5-7(18)8(19)11(20-5)17-4-16-6-9(13)14-3-15-10(6)17/h3-5,7-8,11,18-19H,1-2,12H2,(H2,13,14,15)/t5-,7?,8?,11-/m1/s1. The van der Waals surface area contributed by atoms with E-state index >= 15 is 0 Å². The van der Waals surface area contributed by atoms with E-state index in [1.807, 2.05) is 0 Å². The molecule has 1 fully saturated rings. The Morgan fingerprint density at radius 1 is 1.29 bits per heavy atom. The van der Waals surface area contributed by atoms with E-state index in [1.54, 1.807) is 4.57 Å². The number of nitrogens with zero attached hydrogens (tertiary/aromatic N) is 4. The first kappa shape index (κ1) is 14.5. The smallest absolute Gasteiger partial charge is 0.167 e. The summed E-state index contributed by atoms with van der Waals surface area (Å²) in [6, 6.07) is 0. The van der Waals surface area contributed by atoms with Gasteiger partial charge >= 0.3 is 0 Å². The third kappa shape index (κ3) is 2.45. The number of anilines is 1. The molecule has 21 heavy (non-hydrogen) atoms. The molecule has 0 aliphatic carbocycles. The number of ether oxygens (including phenoxy) is 1. The molecule has 4 atom stereocenters. The van der Waals surface area contributed by atoms with Crippen LogP contribution >= 0.6 is 11.8 Å². The summed E-state index contributed by atoms with van der Waals surface area (Å²) in [6.45, 7) is 0. The third-order valence-corrected chi connectivity index (χ3v) is 4.20. The Hall–Kier alpha value is -1.46. The van der Waals surface area contributed by atoms with E-state index in [-0.39, 0.29) is 5.82 Å². The number of hydrogen-bond acceptors (Lipinski definition) is 9.